The third kappa shape index (κ3) is 9.61. The summed E-state index contributed by atoms with van der Waals surface area (Å²) in [4.78, 5) is 4.83. The minimum absolute atomic E-state index is 0.0288. The molecular formula is C58H66N2. The normalized spacial score (nSPS) is 12.8. The van der Waals surface area contributed by atoms with Gasteiger partial charge < -0.3 is 9.80 Å². The van der Waals surface area contributed by atoms with Gasteiger partial charge >= 0.3 is 0 Å². The Labute approximate surface area is 362 Å². The van der Waals surface area contributed by atoms with Crippen molar-refractivity contribution in [3.63, 3.8) is 0 Å². The molecule has 0 aliphatic carbocycles. The first-order chi connectivity index (χ1) is 28.2. The quantitative estimate of drug-likeness (QED) is 0.128. The summed E-state index contributed by atoms with van der Waals surface area (Å²) in [5, 5.41) is 2.33. The van der Waals surface area contributed by atoms with Gasteiger partial charge in [0.15, 0.2) is 0 Å². The van der Waals surface area contributed by atoms with Gasteiger partial charge in [-0.05, 0) is 122 Å². The molecule has 2 nitrogen and oxygen atoms in total. The molecule has 0 saturated carbocycles. The standard InChI is InChI=1S/C58H66N2/c1-15-16-27-49-50(53(38-41(2)55(3,4)5)59(45-23-19-17-20-24-45)47-32-28-42(29-33-47)56(6,7)8)36-37-51-52(49)39-44(58(12,13)14)40-54(51)60(46-25-21-18-22-26-46)48-34-30-43(31-35-48)57(9,10)11/h15-40H,1-2H2,3-14H3/b27-16-,53-38+. The number of allylic oxidation sites excluding steroid dienone is 4. The highest BCUT2D eigenvalue weighted by molar-refractivity contribution is 6.07. The van der Waals surface area contributed by atoms with Gasteiger partial charge in [0.2, 0.25) is 0 Å². The number of benzene rings is 6. The lowest BCUT2D eigenvalue weighted by atomic mass is 9.82. The van der Waals surface area contributed by atoms with Crippen molar-refractivity contribution in [2.75, 3.05) is 9.80 Å². The molecule has 0 fully saturated rings. The molecule has 0 radical (unpaired) electrons. The van der Waals surface area contributed by atoms with Crippen LogP contribution < -0.4 is 9.80 Å². The average Bonchev–Trinajstić information content (AvgIpc) is 3.19. The van der Waals surface area contributed by atoms with Gasteiger partial charge in [-0.1, -0.05) is 187 Å². The van der Waals surface area contributed by atoms with Crippen LogP contribution in [-0.2, 0) is 16.2 Å². The van der Waals surface area contributed by atoms with E-state index in [0.717, 1.165) is 56.2 Å². The Morgan fingerprint density at radius 3 is 1.45 bits per heavy atom. The molecule has 0 aromatic heterocycles. The first-order valence-electron chi connectivity index (χ1n) is 21.4. The van der Waals surface area contributed by atoms with E-state index in [2.05, 4.69) is 258 Å². The molecule has 0 unspecified atom stereocenters. The number of rotatable bonds is 10. The van der Waals surface area contributed by atoms with Crippen LogP contribution in [0.4, 0.5) is 28.4 Å². The summed E-state index contributed by atoms with van der Waals surface area (Å²) in [6.07, 6.45) is 8.50. The molecule has 2 heteroatoms. The molecular weight excluding hydrogens is 725 g/mol. The Bertz CT molecular complexity index is 2500. The maximum absolute atomic E-state index is 4.69. The van der Waals surface area contributed by atoms with Crippen LogP contribution in [0.1, 0.15) is 111 Å². The molecule has 6 rings (SSSR count). The number of para-hydroxylation sites is 2. The molecule has 0 heterocycles. The van der Waals surface area contributed by atoms with Crippen molar-refractivity contribution in [2.24, 2.45) is 5.41 Å². The van der Waals surface area contributed by atoms with E-state index in [0.29, 0.717) is 0 Å². The minimum Gasteiger partial charge on any atom is -0.310 e. The van der Waals surface area contributed by atoms with Gasteiger partial charge in [0.05, 0.1) is 11.4 Å². The summed E-state index contributed by atoms with van der Waals surface area (Å²) in [5.74, 6) is 0. The molecule has 0 spiro atoms. The largest absolute Gasteiger partial charge is 0.310 e. The van der Waals surface area contributed by atoms with Crippen molar-refractivity contribution in [3.05, 3.63) is 198 Å². The van der Waals surface area contributed by atoms with E-state index in [1.54, 1.807) is 0 Å². The summed E-state index contributed by atoms with van der Waals surface area (Å²) in [5.41, 5.74) is 13.5. The van der Waals surface area contributed by atoms with Crippen molar-refractivity contribution in [3.8, 4) is 0 Å². The minimum atomic E-state index is -0.164. The molecule has 0 amide bonds. The molecule has 0 aliphatic heterocycles. The van der Waals surface area contributed by atoms with E-state index < -0.39 is 0 Å². The first-order valence-corrected chi connectivity index (χ1v) is 21.4. The van der Waals surface area contributed by atoms with E-state index in [1.165, 1.54) is 22.1 Å². The summed E-state index contributed by atoms with van der Waals surface area (Å²) >= 11 is 0. The number of fused-ring (bicyclic) bond motifs is 1. The predicted octanol–water partition coefficient (Wildman–Crippen LogP) is 17.2. The number of nitrogens with zero attached hydrogens (tertiary/aromatic N) is 2. The predicted molar refractivity (Wildman–Crippen MR) is 266 cm³/mol. The zero-order valence-corrected chi connectivity index (χ0v) is 38.3. The molecule has 0 saturated heterocycles. The van der Waals surface area contributed by atoms with Crippen LogP contribution in [-0.4, -0.2) is 0 Å². The maximum atomic E-state index is 4.69. The Morgan fingerprint density at radius 1 is 0.500 bits per heavy atom. The SMILES string of the molecule is C=C/C=C\c1c(/C(=C\C(=C)C(C)(C)C)N(c2ccccc2)c2ccc(C(C)(C)C)cc2)ccc2c(N(c3ccccc3)c3ccc(C(C)(C)C)cc3)cc(C(C)(C)C)cc12. The van der Waals surface area contributed by atoms with Crippen molar-refractivity contribution in [1.29, 1.82) is 0 Å². The van der Waals surface area contributed by atoms with E-state index in [9.17, 15) is 0 Å². The molecule has 308 valence electrons. The second-order valence-electron chi connectivity index (χ2n) is 20.2. The zero-order valence-electron chi connectivity index (χ0n) is 38.3. The fourth-order valence-corrected chi connectivity index (χ4v) is 7.50. The lowest BCUT2D eigenvalue weighted by Gasteiger charge is -2.33. The number of hydrogen-bond donors (Lipinski definition) is 0. The molecule has 0 bridgehead atoms. The summed E-state index contributed by atoms with van der Waals surface area (Å²) in [6.45, 7) is 36.1. The molecule has 6 aromatic rings. The van der Waals surface area contributed by atoms with Crippen molar-refractivity contribution < 1.29 is 0 Å². The molecule has 0 N–H and O–H groups in total. The lowest BCUT2D eigenvalue weighted by molar-refractivity contribution is 0.519. The van der Waals surface area contributed by atoms with Crippen molar-refractivity contribution in [2.45, 2.75) is 99.3 Å². The van der Waals surface area contributed by atoms with Gasteiger partial charge in [0, 0.05) is 33.7 Å². The van der Waals surface area contributed by atoms with Crippen LogP contribution in [0, 0.1) is 5.41 Å². The van der Waals surface area contributed by atoms with Crippen LogP contribution in [0.15, 0.2) is 170 Å². The van der Waals surface area contributed by atoms with E-state index in [-0.39, 0.29) is 21.7 Å². The lowest BCUT2D eigenvalue weighted by Crippen LogP contribution is -2.19. The zero-order chi connectivity index (χ0) is 43.6. The van der Waals surface area contributed by atoms with E-state index in [4.69, 9.17) is 0 Å². The summed E-state index contributed by atoms with van der Waals surface area (Å²) in [6, 6.07) is 49.1. The van der Waals surface area contributed by atoms with Gasteiger partial charge in [-0.25, -0.2) is 0 Å². The Morgan fingerprint density at radius 2 is 0.967 bits per heavy atom. The van der Waals surface area contributed by atoms with Gasteiger partial charge in [0.25, 0.3) is 0 Å². The Hall–Kier alpha value is -5.86. The van der Waals surface area contributed by atoms with Crippen molar-refractivity contribution >= 4 is 51.0 Å². The monoisotopic (exact) mass is 791 g/mol. The maximum Gasteiger partial charge on any atom is 0.0543 e. The van der Waals surface area contributed by atoms with Gasteiger partial charge in [0.1, 0.15) is 0 Å². The van der Waals surface area contributed by atoms with Crippen molar-refractivity contribution in [1.82, 2.24) is 0 Å². The van der Waals surface area contributed by atoms with E-state index in [1.807, 2.05) is 6.08 Å². The highest BCUT2D eigenvalue weighted by Crippen LogP contribution is 2.46. The van der Waals surface area contributed by atoms with Crippen LogP contribution in [0.2, 0.25) is 0 Å². The fraction of sp³-hybridized carbons (Fsp3) is 0.276. The average molecular weight is 791 g/mol. The first kappa shape index (κ1) is 43.7. The highest BCUT2D eigenvalue weighted by atomic mass is 15.2. The van der Waals surface area contributed by atoms with E-state index >= 15 is 0 Å². The van der Waals surface area contributed by atoms with Gasteiger partial charge in [-0.3, -0.25) is 0 Å². The highest BCUT2D eigenvalue weighted by Gasteiger charge is 2.27. The summed E-state index contributed by atoms with van der Waals surface area (Å²) in [7, 11) is 0. The van der Waals surface area contributed by atoms with Crippen LogP contribution in [0.5, 0.6) is 0 Å². The van der Waals surface area contributed by atoms with Gasteiger partial charge in [-0.15, -0.1) is 0 Å². The van der Waals surface area contributed by atoms with Crippen LogP contribution in [0.25, 0.3) is 22.5 Å². The second-order valence-corrected chi connectivity index (χ2v) is 20.2. The molecule has 0 atom stereocenters. The number of hydrogen-bond acceptors (Lipinski definition) is 2. The Kier molecular flexibility index (Phi) is 12.4. The third-order valence-electron chi connectivity index (χ3n) is 11.5. The summed E-state index contributed by atoms with van der Waals surface area (Å²) < 4.78 is 0. The molecule has 6 aromatic carbocycles. The fourth-order valence-electron chi connectivity index (χ4n) is 7.50. The van der Waals surface area contributed by atoms with Crippen LogP contribution in [0.3, 0.4) is 0 Å². The van der Waals surface area contributed by atoms with Crippen LogP contribution >= 0.6 is 0 Å². The smallest absolute Gasteiger partial charge is 0.0543 e. The number of anilines is 5. The Balaban J connectivity index is 1.74. The molecule has 0 aliphatic rings. The molecule has 60 heavy (non-hydrogen) atoms. The van der Waals surface area contributed by atoms with Gasteiger partial charge in [-0.2, -0.15) is 0 Å². The third-order valence-corrected chi connectivity index (χ3v) is 11.5. The second kappa shape index (κ2) is 17.0. The topological polar surface area (TPSA) is 6.48 Å².